The molecule has 1 unspecified atom stereocenters. The van der Waals surface area contributed by atoms with E-state index in [9.17, 15) is 23.1 Å². The fourth-order valence-corrected chi connectivity index (χ4v) is 2.84. The van der Waals surface area contributed by atoms with Gasteiger partial charge in [-0.3, -0.25) is 4.79 Å². The van der Waals surface area contributed by atoms with E-state index in [0.29, 0.717) is 24.9 Å². The van der Waals surface area contributed by atoms with Crippen LogP contribution in [0.1, 0.15) is 18.5 Å². The Bertz CT molecular complexity index is 765. The van der Waals surface area contributed by atoms with Crippen LogP contribution in [0, 0.1) is 5.92 Å². The monoisotopic (exact) mass is 351 g/mol. The van der Waals surface area contributed by atoms with Crippen molar-refractivity contribution in [3.8, 4) is 11.3 Å². The standard InChI is InChI=1S/C17H16F3N3O2/c18-17(19,20)14-9-13(11-5-2-1-3-6-11)21-16(22-14)23-8-4-7-12(10-23)15(24)25/h1-3,5-6,9,12H,4,7-8,10H2,(H,24,25). The fourth-order valence-electron chi connectivity index (χ4n) is 2.84. The number of aromatic nitrogens is 2. The minimum atomic E-state index is -4.61. The first kappa shape index (κ1) is 17.2. The molecule has 0 saturated carbocycles. The molecule has 1 aromatic carbocycles. The van der Waals surface area contributed by atoms with Crippen molar-refractivity contribution in [2.24, 2.45) is 5.92 Å². The number of hydrogen-bond acceptors (Lipinski definition) is 4. The molecule has 0 spiro atoms. The molecule has 1 fully saturated rings. The molecule has 1 aliphatic rings. The summed E-state index contributed by atoms with van der Waals surface area (Å²) in [7, 11) is 0. The van der Waals surface area contributed by atoms with Gasteiger partial charge in [0.05, 0.1) is 11.6 Å². The van der Waals surface area contributed by atoms with Crippen LogP contribution in [0.25, 0.3) is 11.3 Å². The smallest absolute Gasteiger partial charge is 0.433 e. The molecule has 5 nitrogen and oxygen atoms in total. The maximum Gasteiger partial charge on any atom is 0.433 e. The number of nitrogens with zero attached hydrogens (tertiary/aromatic N) is 3. The van der Waals surface area contributed by atoms with Crippen molar-refractivity contribution in [3.63, 3.8) is 0 Å². The zero-order chi connectivity index (χ0) is 18.0. The molecule has 1 aromatic heterocycles. The summed E-state index contributed by atoms with van der Waals surface area (Å²) in [6.45, 7) is 0.532. The van der Waals surface area contributed by atoms with Crippen molar-refractivity contribution in [3.05, 3.63) is 42.1 Å². The number of carboxylic acids is 1. The average molecular weight is 351 g/mol. The van der Waals surface area contributed by atoms with Gasteiger partial charge in [-0.05, 0) is 18.9 Å². The Labute approximate surface area is 142 Å². The molecule has 0 radical (unpaired) electrons. The summed E-state index contributed by atoms with van der Waals surface area (Å²) < 4.78 is 39.7. The number of rotatable bonds is 3. The molecule has 1 saturated heterocycles. The Hall–Kier alpha value is -2.64. The highest BCUT2D eigenvalue weighted by Crippen LogP contribution is 2.32. The third-order valence-corrected chi connectivity index (χ3v) is 4.13. The van der Waals surface area contributed by atoms with Gasteiger partial charge in [-0.25, -0.2) is 9.97 Å². The number of carboxylic acid groups (broad SMARTS) is 1. The van der Waals surface area contributed by atoms with Gasteiger partial charge in [-0.2, -0.15) is 13.2 Å². The van der Waals surface area contributed by atoms with E-state index in [0.717, 1.165) is 6.07 Å². The third-order valence-electron chi connectivity index (χ3n) is 4.13. The minimum Gasteiger partial charge on any atom is -0.481 e. The molecule has 1 N–H and O–H groups in total. The molecular formula is C17H16F3N3O2. The van der Waals surface area contributed by atoms with Crippen molar-refractivity contribution in [1.29, 1.82) is 0 Å². The van der Waals surface area contributed by atoms with Crippen LogP contribution in [-0.2, 0) is 11.0 Å². The largest absolute Gasteiger partial charge is 0.481 e. The molecule has 1 aliphatic heterocycles. The molecular weight excluding hydrogens is 335 g/mol. The van der Waals surface area contributed by atoms with Crippen molar-refractivity contribution in [2.75, 3.05) is 18.0 Å². The van der Waals surface area contributed by atoms with Gasteiger partial charge < -0.3 is 10.0 Å². The molecule has 25 heavy (non-hydrogen) atoms. The average Bonchev–Trinajstić information content (AvgIpc) is 2.61. The van der Waals surface area contributed by atoms with E-state index in [1.807, 2.05) is 0 Å². The first-order chi connectivity index (χ1) is 11.8. The van der Waals surface area contributed by atoms with Crippen molar-refractivity contribution in [1.82, 2.24) is 9.97 Å². The molecule has 3 rings (SSSR count). The van der Waals surface area contributed by atoms with E-state index in [4.69, 9.17) is 0 Å². The molecule has 0 bridgehead atoms. The lowest BCUT2D eigenvalue weighted by atomic mass is 9.99. The van der Waals surface area contributed by atoms with Crippen LogP contribution >= 0.6 is 0 Å². The second-order valence-electron chi connectivity index (χ2n) is 5.93. The number of aliphatic carboxylic acids is 1. The van der Waals surface area contributed by atoms with E-state index < -0.39 is 23.8 Å². The Morgan fingerprint density at radius 1 is 1.20 bits per heavy atom. The summed E-state index contributed by atoms with van der Waals surface area (Å²) in [6.07, 6.45) is -3.54. The van der Waals surface area contributed by atoms with Crippen molar-refractivity contribution >= 4 is 11.9 Å². The second kappa shape index (κ2) is 6.70. The number of halogens is 3. The van der Waals surface area contributed by atoms with E-state index >= 15 is 0 Å². The van der Waals surface area contributed by atoms with Gasteiger partial charge in [0, 0.05) is 18.7 Å². The lowest BCUT2D eigenvalue weighted by molar-refractivity contribution is -0.142. The second-order valence-corrected chi connectivity index (χ2v) is 5.93. The van der Waals surface area contributed by atoms with Crippen LogP contribution in [0.15, 0.2) is 36.4 Å². The van der Waals surface area contributed by atoms with E-state index in [1.165, 1.54) is 4.90 Å². The van der Waals surface area contributed by atoms with Crippen LogP contribution in [0.4, 0.5) is 19.1 Å². The van der Waals surface area contributed by atoms with Crippen LogP contribution in [0.2, 0.25) is 0 Å². The van der Waals surface area contributed by atoms with Gasteiger partial charge in [0.2, 0.25) is 5.95 Å². The Balaban J connectivity index is 2.02. The highest BCUT2D eigenvalue weighted by atomic mass is 19.4. The summed E-state index contributed by atoms with van der Waals surface area (Å²) in [5, 5.41) is 9.17. The van der Waals surface area contributed by atoms with Gasteiger partial charge in [-0.1, -0.05) is 30.3 Å². The van der Waals surface area contributed by atoms with E-state index in [-0.39, 0.29) is 18.2 Å². The summed E-state index contributed by atoms with van der Waals surface area (Å²) in [4.78, 5) is 20.6. The van der Waals surface area contributed by atoms with Crippen molar-refractivity contribution in [2.45, 2.75) is 19.0 Å². The lowest BCUT2D eigenvalue weighted by Gasteiger charge is -2.31. The number of carbonyl (C=O) groups is 1. The SMILES string of the molecule is O=C(O)C1CCCN(c2nc(-c3ccccc3)cc(C(F)(F)F)n2)C1. The molecule has 0 aliphatic carbocycles. The number of hydrogen-bond donors (Lipinski definition) is 1. The molecule has 2 aromatic rings. The fraction of sp³-hybridized carbons (Fsp3) is 0.353. The Morgan fingerprint density at radius 2 is 1.92 bits per heavy atom. The zero-order valence-corrected chi connectivity index (χ0v) is 13.2. The molecule has 1 atom stereocenters. The predicted octanol–water partition coefficient (Wildman–Crippen LogP) is 3.46. The summed E-state index contributed by atoms with van der Waals surface area (Å²) in [6, 6.07) is 9.44. The van der Waals surface area contributed by atoms with Crippen molar-refractivity contribution < 1.29 is 23.1 Å². The normalized spacial score (nSPS) is 18.2. The topological polar surface area (TPSA) is 66.3 Å². The van der Waals surface area contributed by atoms with Gasteiger partial charge >= 0.3 is 12.1 Å². The Kier molecular flexibility index (Phi) is 4.61. The van der Waals surface area contributed by atoms with Gasteiger partial charge in [0.15, 0.2) is 5.69 Å². The zero-order valence-electron chi connectivity index (χ0n) is 13.2. The number of alkyl halides is 3. The number of piperidine rings is 1. The van der Waals surface area contributed by atoms with E-state index in [2.05, 4.69) is 9.97 Å². The summed E-state index contributed by atoms with van der Waals surface area (Å²) in [5.41, 5.74) is -0.326. The first-order valence-corrected chi connectivity index (χ1v) is 7.84. The van der Waals surface area contributed by atoms with E-state index in [1.54, 1.807) is 30.3 Å². The predicted molar refractivity (Wildman–Crippen MR) is 85.0 cm³/mol. The van der Waals surface area contributed by atoms with Gasteiger partial charge in [0.1, 0.15) is 0 Å². The maximum atomic E-state index is 13.2. The third kappa shape index (κ3) is 3.89. The minimum absolute atomic E-state index is 0.0837. The lowest BCUT2D eigenvalue weighted by Crippen LogP contribution is -2.39. The maximum absolute atomic E-state index is 13.2. The molecule has 132 valence electrons. The molecule has 8 heteroatoms. The van der Waals surface area contributed by atoms with Crippen LogP contribution in [0.3, 0.4) is 0 Å². The highest BCUT2D eigenvalue weighted by Gasteiger charge is 2.35. The summed E-state index contributed by atoms with van der Waals surface area (Å²) in [5.74, 6) is -1.67. The number of anilines is 1. The van der Waals surface area contributed by atoms with Gasteiger partial charge in [0.25, 0.3) is 0 Å². The van der Waals surface area contributed by atoms with Crippen LogP contribution in [-0.4, -0.2) is 34.1 Å². The molecule has 2 heterocycles. The van der Waals surface area contributed by atoms with Crippen LogP contribution in [0.5, 0.6) is 0 Å². The first-order valence-electron chi connectivity index (χ1n) is 7.84. The summed E-state index contributed by atoms with van der Waals surface area (Å²) >= 11 is 0. The van der Waals surface area contributed by atoms with Crippen LogP contribution < -0.4 is 4.90 Å². The number of benzene rings is 1. The quantitative estimate of drug-likeness (QED) is 0.917. The highest BCUT2D eigenvalue weighted by molar-refractivity contribution is 5.71. The molecule has 0 amide bonds. The van der Waals surface area contributed by atoms with Gasteiger partial charge in [-0.15, -0.1) is 0 Å². The Morgan fingerprint density at radius 3 is 2.56 bits per heavy atom.